The highest BCUT2D eigenvalue weighted by atomic mass is 16.5. The Bertz CT molecular complexity index is 598. The molecule has 1 saturated heterocycles. The first-order valence-electron chi connectivity index (χ1n) is 10.7. The first-order chi connectivity index (χ1) is 13.6. The van der Waals surface area contributed by atoms with Gasteiger partial charge in [0.05, 0.1) is 19.3 Å². The standard InChI is InChI=1S/C22H35N3O3/c1-24(13-10-20(26)19-8-4-2-5-9-19)21(27)23-18-22(11-6-3-7-12-22)25-14-16-28-17-15-25/h2,4-5,8-9,20,26H,3,6-7,10-18H2,1H3,(H,23,27)/t20-/m1/s1. The van der Waals surface area contributed by atoms with Gasteiger partial charge in [0.2, 0.25) is 0 Å². The van der Waals surface area contributed by atoms with Crippen molar-refractivity contribution in [1.82, 2.24) is 15.1 Å². The number of urea groups is 1. The number of aliphatic hydroxyl groups excluding tert-OH is 1. The van der Waals surface area contributed by atoms with Crippen molar-refractivity contribution in [3.63, 3.8) is 0 Å². The lowest BCUT2D eigenvalue weighted by Gasteiger charge is -2.48. The van der Waals surface area contributed by atoms with E-state index < -0.39 is 6.10 Å². The number of morpholine rings is 1. The predicted octanol–water partition coefficient (Wildman–Crippen LogP) is 2.79. The Morgan fingerprint density at radius 2 is 1.89 bits per heavy atom. The smallest absolute Gasteiger partial charge is 0.317 e. The van der Waals surface area contributed by atoms with Gasteiger partial charge in [-0.25, -0.2) is 4.79 Å². The highest BCUT2D eigenvalue weighted by Gasteiger charge is 2.39. The number of carbonyl (C=O) groups is 1. The number of nitrogens with zero attached hydrogens (tertiary/aromatic N) is 2. The number of aliphatic hydroxyl groups is 1. The molecule has 2 aliphatic rings. The molecule has 1 aromatic rings. The molecular formula is C22H35N3O3. The maximum absolute atomic E-state index is 12.6. The molecule has 0 unspecified atom stereocenters. The monoisotopic (exact) mass is 389 g/mol. The number of hydrogen-bond donors (Lipinski definition) is 2. The lowest BCUT2D eigenvalue weighted by molar-refractivity contribution is -0.0360. The fourth-order valence-corrected chi connectivity index (χ4v) is 4.49. The second-order valence-electron chi connectivity index (χ2n) is 8.18. The van der Waals surface area contributed by atoms with Crippen molar-refractivity contribution < 1.29 is 14.6 Å². The van der Waals surface area contributed by atoms with Crippen molar-refractivity contribution in [2.24, 2.45) is 0 Å². The van der Waals surface area contributed by atoms with Gasteiger partial charge in [0, 0.05) is 38.8 Å². The third-order valence-electron chi connectivity index (χ3n) is 6.30. The van der Waals surface area contributed by atoms with E-state index in [1.807, 2.05) is 30.3 Å². The van der Waals surface area contributed by atoms with Crippen molar-refractivity contribution in [1.29, 1.82) is 0 Å². The minimum Gasteiger partial charge on any atom is -0.388 e. The predicted molar refractivity (Wildman–Crippen MR) is 110 cm³/mol. The van der Waals surface area contributed by atoms with Gasteiger partial charge in [-0.15, -0.1) is 0 Å². The van der Waals surface area contributed by atoms with Crippen molar-refractivity contribution in [3.05, 3.63) is 35.9 Å². The van der Waals surface area contributed by atoms with Crippen LogP contribution in [0.1, 0.15) is 50.2 Å². The van der Waals surface area contributed by atoms with Crippen LogP contribution in [0.25, 0.3) is 0 Å². The second kappa shape index (κ2) is 10.2. The highest BCUT2D eigenvalue weighted by Crippen LogP contribution is 2.33. The molecule has 2 N–H and O–H groups in total. The molecule has 1 aliphatic heterocycles. The van der Waals surface area contributed by atoms with E-state index in [0.29, 0.717) is 19.5 Å². The Kier molecular flexibility index (Phi) is 7.71. The van der Waals surface area contributed by atoms with Crippen molar-refractivity contribution in [3.8, 4) is 0 Å². The first-order valence-corrected chi connectivity index (χ1v) is 10.7. The summed E-state index contributed by atoms with van der Waals surface area (Å²) < 4.78 is 5.53. The van der Waals surface area contributed by atoms with Crippen LogP contribution in [0.3, 0.4) is 0 Å². The largest absolute Gasteiger partial charge is 0.388 e. The summed E-state index contributed by atoms with van der Waals surface area (Å²) in [6.45, 7) is 4.69. The van der Waals surface area contributed by atoms with Gasteiger partial charge in [0.15, 0.2) is 0 Å². The normalized spacial score (nSPS) is 21.1. The number of ether oxygens (including phenoxy) is 1. The summed E-state index contributed by atoms with van der Waals surface area (Å²) in [6.07, 6.45) is 6.01. The quantitative estimate of drug-likeness (QED) is 0.753. The summed E-state index contributed by atoms with van der Waals surface area (Å²) in [5.74, 6) is 0. The van der Waals surface area contributed by atoms with Crippen molar-refractivity contribution in [2.75, 3.05) is 46.4 Å². The molecular weight excluding hydrogens is 354 g/mol. The molecule has 28 heavy (non-hydrogen) atoms. The lowest BCUT2D eigenvalue weighted by Crippen LogP contribution is -2.60. The SMILES string of the molecule is CN(CC[C@@H](O)c1ccccc1)C(=O)NCC1(N2CCOCC2)CCCCC1. The van der Waals surface area contributed by atoms with Crippen LogP contribution < -0.4 is 5.32 Å². The van der Waals surface area contributed by atoms with E-state index in [2.05, 4.69) is 10.2 Å². The van der Waals surface area contributed by atoms with Gasteiger partial charge in [-0.05, 0) is 24.8 Å². The van der Waals surface area contributed by atoms with Gasteiger partial charge in [-0.1, -0.05) is 49.6 Å². The third-order valence-corrected chi connectivity index (χ3v) is 6.30. The van der Waals surface area contributed by atoms with Gasteiger partial charge in [0.1, 0.15) is 0 Å². The van der Waals surface area contributed by atoms with Crippen LogP contribution in [0.15, 0.2) is 30.3 Å². The molecule has 0 bridgehead atoms. The summed E-state index contributed by atoms with van der Waals surface area (Å²) in [7, 11) is 1.80. The second-order valence-corrected chi connectivity index (χ2v) is 8.18. The zero-order chi connectivity index (χ0) is 19.8. The molecule has 1 atom stereocenters. The number of carbonyl (C=O) groups excluding carboxylic acids is 1. The van der Waals surface area contributed by atoms with Crippen LogP contribution in [0, 0.1) is 0 Å². The minimum absolute atomic E-state index is 0.0570. The summed E-state index contributed by atoms with van der Waals surface area (Å²) in [4.78, 5) is 16.9. The van der Waals surface area contributed by atoms with E-state index in [9.17, 15) is 9.90 Å². The number of rotatable bonds is 7. The van der Waals surface area contributed by atoms with Crippen LogP contribution in [-0.4, -0.2) is 72.9 Å². The fourth-order valence-electron chi connectivity index (χ4n) is 4.49. The van der Waals surface area contributed by atoms with Crippen LogP contribution in [-0.2, 0) is 4.74 Å². The Morgan fingerprint density at radius 1 is 1.21 bits per heavy atom. The lowest BCUT2D eigenvalue weighted by atomic mass is 9.80. The molecule has 2 fully saturated rings. The van der Waals surface area contributed by atoms with Gasteiger partial charge in [0.25, 0.3) is 0 Å². The van der Waals surface area contributed by atoms with E-state index in [0.717, 1.165) is 44.7 Å². The van der Waals surface area contributed by atoms with E-state index in [-0.39, 0.29) is 11.6 Å². The van der Waals surface area contributed by atoms with Crippen molar-refractivity contribution >= 4 is 6.03 Å². The topological polar surface area (TPSA) is 65.0 Å². The summed E-state index contributed by atoms with van der Waals surface area (Å²) in [5.41, 5.74) is 0.965. The van der Waals surface area contributed by atoms with Gasteiger partial charge >= 0.3 is 6.03 Å². The van der Waals surface area contributed by atoms with E-state index >= 15 is 0 Å². The fraction of sp³-hybridized carbons (Fsp3) is 0.682. The maximum Gasteiger partial charge on any atom is 0.317 e. The molecule has 3 rings (SSSR count). The van der Waals surface area contributed by atoms with Gasteiger partial charge in [-0.3, -0.25) is 4.90 Å². The summed E-state index contributed by atoms with van der Waals surface area (Å²) in [5, 5.41) is 13.5. The molecule has 156 valence electrons. The van der Waals surface area contributed by atoms with Crippen LogP contribution in [0.4, 0.5) is 4.79 Å². The zero-order valence-electron chi connectivity index (χ0n) is 17.1. The summed E-state index contributed by atoms with van der Waals surface area (Å²) >= 11 is 0. The van der Waals surface area contributed by atoms with E-state index in [1.165, 1.54) is 19.3 Å². The van der Waals surface area contributed by atoms with Gasteiger partial charge in [-0.2, -0.15) is 0 Å². The maximum atomic E-state index is 12.6. The molecule has 1 aromatic carbocycles. The highest BCUT2D eigenvalue weighted by molar-refractivity contribution is 5.73. The number of hydrogen-bond acceptors (Lipinski definition) is 4. The van der Waals surface area contributed by atoms with Gasteiger partial charge < -0.3 is 20.1 Å². The summed E-state index contributed by atoms with van der Waals surface area (Å²) in [6, 6.07) is 9.55. The van der Waals surface area contributed by atoms with Crippen LogP contribution in [0.2, 0.25) is 0 Å². The Labute approximate surface area is 168 Å². The molecule has 0 aromatic heterocycles. The van der Waals surface area contributed by atoms with Crippen LogP contribution in [0.5, 0.6) is 0 Å². The van der Waals surface area contributed by atoms with E-state index in [1.54, 1.807) is 11.9 Å². The molecule has 1 heterocycles. The zero-order valence-corrected chi connectivity index (χ0v) is 17.1. The Balaban J connectivity index is 1.49. The molecule has 1 saturated carbocycles. The Hall–Kier alpha value is -1.63. The third kappa shape index (κ3) is 5.46. The molecule has 0 spiro atoms. The number of nitrogens with one attached hydrogen (secondary N) is 1. The average molecular weight is 390 g/mol. The molecule has 0 radical (unpaired) electrons. The Morgan fingerprint density at radius 3 is 2.57 bits per heavy atom. The van der Waals surface area contributed by atoms with Crippen LogP contribution >= 0.6 is 0 Å². The molecule has 6 heteroatoms. The number of benzene rings is 1. The van der Waals surface area contributed by atoms with Crippen molar-refractivity contribution in [2.45, 2.75) is 50.2 Å². The van der Waals surface area contributed by atoms with E-state index in [4.69, 9.17) is 4.74 Å². The number of amides is 2. The first kappa shape index (κ1) is 21.1. The molecule has 2 amide bonds. The average Bonchev–Trinajstić information content (AvgIpc) is 2.77. The molecule has 1 aliphatic carbocycles. The minimum atomic E-state index is -0.547. The molecule has 6 nitrogen and oxygen atoms in total.